The third-order valence-corrected chi connectivity index (χ3v) is 11.0. The van der Waals surface area contributed by atoms with Gasteiger partial charge in [0, 0.05) is 0 Å². The number of sulfonamides is 1. The number of benzene rings is 1. The summed E-state index contributed by atoms with van der Waals surface area (Å²) in [5.74, 6) is 0.706. The molecular formula is C38H69N5O2S. The quantitative estimate of drug-likeness (QED) is 0.0918. The number of anilines is 1. The van der Waals surface area contributed by atoms with Crippen molar-refractivity contribution >= 4 is 15.7 Å². The van der Waals surface area contributed by atoms with Crippen LogP contribution >= 0.6 is 0 Å². The van der Waals surface area contributed by atoms with Crippen molar-refractivity contribution in [1.82, 2.24) is 20.2 Å². The van der Waals surface area contributed by atoms with Crippen LogP contribution in [0.1, 0.15) is 210 Å². The van der Waals surface area contributed by atoms with Crippen LogP contribution in [-0.4, -0.2) is 28.6 Å². The van der Waals surface area contributed by atoms with Gasteiger partial charge in [0.05, 0.1) is 12.2 Å². The molecule has 1 aromatic carbocycles. The van der Waals surface area contributed by atoms with Crippen molar-refractivity contribution in [3.05, 3.63) is 35.2 Å². The molecule has 0 spiro atoms. The lowest BCUT2D eigenvalue weighted by molar-refractivity contribution is 0.469. The minimum Gasteiger partial charge on any atom is -0.282 e. The first-order chi connectivity index (χ1) is 22.2. The molecule has 1 unspecified atom stereocenters. The minimum atomic E-state index is -3.81. The van der Waals surface area contributed by atoms with E-state index in [1.807, 2.05) is 18.2 Å². The predicted molar refractivity (Wildman–Crippen MR) is 196 cm³/mol. The highest BCUT2D eigenvalue weighted by Crippen LogP contribution is 2.36. The van der Waals surface area contributed by atoms with Crippen LogP contribution in [0.5, 0.6) is 0 Å². The van der Waals surface area contributed by atoms with Gasteiger partial charge < -0.3 is 0 Å². The van der Waals surface area contributed by atoms with Crippen LogP contribution < -0.4 is 4.72 Å². The number of rotatable bonds is 28. The first-order valence-corrected chi connectivity index (χ1v) is 20.7. The van der Waals surface area contributed by atoms with Crippen LogP contribution in [-0.2, 0) is 16.6 Å². The molecule has 0 aliphatic heterocycles. The van der Waals surface area contributed by atoms with E-state index < -0.39 is 15.3 Å². The summed E-state index contributed by atoms with van der Waals surface area (Å²) in [6.45, 7) is 13.6. The number of para-hydroxylation sites is 1. The monoisotopic (exact) mass is 660 g/mol. The second kappa shape index (κ2) is 23.4. The first kappa shape index (κ1) is 40.2. The molecule has 2 aromatic rings. The largest absolute Gasteiger partial charge is 0.282 e. The van der Waals surface area contributed by atoms with Gasteiger partial charge in [-0.15, -0.1) is 10.2 Å². The molecule has 7 nitrogen and oxygen atoms in total. The van der Waals surface area contributed by atoms with Crippen molar-refractivity contribution in [2.24, 2.45) is 0 Å². The summed E-state index contributed by atoms with van der Waals surface area (Å²) < 4.78 is 31.4. The molecule has 0 saturated carbocycles. The smallest absolute Gasteiger partial charge is 0.243 e. The maximum Gasteiger partial charge on any atom is 0.243 e. The predicted octanol–water partition coefficient (Wildman–Crippen LogP) is 11.6. The van der Waals surface area contributed by atoms with E-state index in [2.05, 4.69) is 61.7 Å². The fraction of sp³-hybridized carbons (Fsp3) is 0.816. The zero-order valence-corrected chi connectivity index (χ0v) is 31.4. The lowest BCUT2D eigenvalue weighted by atomic mass is 9.93. The van der Waals surface area contributed by atoms with Crippen LogP contribution in [0.4, 0.5) is 5.69 Å². The number of nitrogens with zero attached hydrogens (tertiary/aromatic N) is 4. The third kappa shape index (κ3) is 15.3. The van der Waals surface area contributed by atoms with E-state index in [0.717, 1.165) is 48.9 Å². The summed E-state index contributed by atoms with van der Waals surface area (Å²) in [6, 6.07) is 6.10. The Balaban J connectivity index is 2.04. The maximum absolute atomic E-state index is 14.2. The van der Waals surface area contributed by atoms with Crippen LogP contribution in [0.15, 0.2) is 18.2 Å². The van der Waals surface area contributed by atoms with Crippen molar-refractivity contribution in [2.75, 3.05) is 4.72 Å². The minimum absolute atomic E-state index is 0.192. The number of hydrogen-bond acceptors (Lipinski definition) is 5. The molecule has 1 N–H and O–H groups in total. The molecule has 8 heteroatoms. The van der Waals surface area contributed by atoms with Crippen LogP contribution in [0, 0.1) is 0 Å². The Kier molecular flexibility index (Phi) is 20.4. The molecule has 0 aliphatic carbocycles. The van der Waals surface area contributed by atoms with Crippen molar-refractivity contribution in [3.8, 4) is 0 Å². The third-order valence-electron chi connectivity index (χ3n) is 9.28. The summed E-state index contributed by atoms with van der Waals surface area (Å²) >= 11 is 0. The molecule has 0 fully saturated rings. The molecule has 264 valence electrons. The summed E-state index contributed by atoms with van der Waals surface area (Å²) in [4.78, 5) is 1.61. The van der Waals surface area contributed by atoms with Gasteiger partial charge in [-0.2, -0.15) is 4.80 Å². The molecule has 0 bridgehead atoms. The molecule has 1 aromatic heterocycles. The molecule has 0 saturated heterocycles. The molecule has 2 rings (SSSR count). The van der Waals surface area contributed by atoms with E-state index in [4.69, 9.17) is 0 Å². The fourth-order valence-electron chi connectivity index (χ4n) is 6.34. The number of tetrazole rings is 1. The topological polar surface area (TPSA) is 89.8 Å². The van der Waals surface area contributed by atoms with E-state index in [1.165, 1.54) is 96.3 Å². The van der Waals surface area contributed by atoms with Gasteiger partial charge in [0.2, 0.25) is 10.0 Å². The van der Waals surface area contributed by atoms with Crippen molar-refractivity contribution < 1.29 is 8.42 Å². The molecule has 0 amide bonds. The SMILES string of the molecule is CCCCCCCCCCCCC(c1nnn(CCCCCCCCCCCC)n1)S(=O)(=O)Nc1c(C(C)C)cccc1C(C)C. The zero-order valence-electron chi connectivity index (χ0n) is 30.5. The van der Waals surface area contributed by atoms with E-state index in [9.17, 15) is 8.42 Å². The lowest BCUT2D eigenvalue weighted by Crippen LogP contribution is -2.24. The second-order valence-electron chi connectivity index (χ2n) is 14.2. The Morgan fingerprint density at radius 3 is 1.54 bits per heavy atom. The van der Waals surface area contributed by atoms with E-state index >= 15 is 0 Å². The summed E-state index contributed by atoms with van der Waals surface area (Å²) in [6.07, 6.45) is 25.2. The van der Waals surface area contributed by atoms with Gasteiger partial charge in [0.25, 0.3) is 0 Å². The van der Waals surface area contributed by atoms with Crippen LogP contribution in [0.2, 0.25) is 0 Å². The van der Waals surface area contributed by atoms with Gasteiger partial charge in [-0.05, 0) is 41.0 Å². The molecular weight excluding hydrogens is 591 g/mol. The number of nitrogens with one attached hydrogen (secondary N) is 1. The lowest BCUT2D eigenvalue weighted by Gasteiger charge is -2.23. The van der Waals surface area contributed by atoms with Crippen LogP contribution in [0.25, 0.3) is 0 Å². The van der Waals surface area contributed by atoms with E-state index in [0.29, 0.717) is 18.8 Å². The van der Waals surface area contributed by atoms with Gasteiger partial charge >= 0.3 is 0 Å². The van der Waals surface area contributed by atoms with Gasteiger partial charge in [-0.3, -0.25) is 4.72 Å². The van der Waals surface area contributed by atoms with Gasteiger partial charge in [-0.1, -0.05) is 182 Å². The molecule has 1 atom stereocenters. The van der Waals surface area contributed by atoms with E-state index in [1.54, 1.807) is 4.80 Å². The highest BCUT2D eigenvalue weighted by atomic mass is 32.2. The normalized spacial score (nSPS) is 12.8. The Labute approximate surface area is 283 Å². The average Bonchev–Trinajstić information content (AvgIpc) is 3.48. The summed E-state index contributed by atoms with van der Waals surface area (Å²) in [5, 5.41) is 12.5. The Hall–Kier alpha value is -1.96. The van der Waals surface area contributed by atoms with Crippen LogP contribution in [0.3, 0.4) is 0 Å². The fourth-order valence-corrected chi connectivity index (χ4v) is 7.85. The maximum atomic E-state index is 14.2. The van der Waals surface area contributed by atoms with Gasteiger partial charge in [0.1, 0.15) is 5.25 Å². The number of unbranched alkanes of at least 4 members (excludes halogenated alkanes) is 18. The molecule has 1 heterocycles. The number of hydrogen-bond donors (Lipinski definition) is 1. The molecule has 0 radical (unpaired) electrons. The summed E-state index contributed by atoms with van der Waals surface area (Å²) in [7, 11) is -3.81. The summed E-state index contributed by atoms with van der Waals surface area (Å²) in [5.41, 5.74) is 2.76. The van der Waals surface area contributed by atoms with Crippen molar-refractivity contribution in [1.29, 1.82) is 0 Å². The highest BCUT2D eigenvalue weighted by molar-refractivity contribution is 7.92. The van der Waals surface area contributed by atoms with Crippen molar-refractivity contribution in [2.45, 2.75) is 200 Å². The van der Waals surface area contributed by atoms with Gasteiger partial charge in [-0.25, -0.2) is 8.42 Å². The van der Waals surface area contributed by atoms with Gasteiger partial charge in [0.15, 0.2) is 5.82 Å². The number of aromatic nitrogens is 4. The number of aryl methyl sites for hydroxylation is 1. The van der Waals surface area contributed by atoms with Crippen molar-refractivity contribution in [3.63, 3.8) is 0 Å². The zero-order chi connectivity index (χ0) is 33.6. The Morgan fingerprint density at radius 1 is 0.652 bits per heavy atom. The molecule has 0 aliphatic rings. The second-order valence-corrected chi connectivity index (χ2v) is 16.0. The standard InChI is InChI=1S/C38H69N5O2S/c1-7-9-11-13-15-17-19-21-23-25-30-36(46(44,45)41-37-34(32(3)4)28-27-29-35(37)33(5)6)38-39-42-43(40-38)31-26-24-22-20-18-16-14-12-10-8-2/h27-29,32-33,36,41H,7-26,30-31H2,1-6H3. The van der Waals surface area contributed by atoms with E-state index in [-0.39, 0.29) is 11.8 Å². The average molecular weight is 660 g/mol. The molecule has 46 heavy (non-hydrogen) atoms. The Morgan fingerprint density at radius 2 is 1.09 bits per heavy atom. The Bertz CT molecular complexity index is 1140. The highest BCUT2D eigenvalue weighted by Gasteiger charge is 2.33. The first-order valence-electron chi connectivity index (χ1n) is 19.1.